The summed E-state index contributed by atoms with van der Waals surface area (Å²) in [5, 5.41) is 49.4. The molecule has 0 spiro atoms. The monoisotopic (exact) mass is 697 g/mol. The van der Waals surface area contributed by atoms with E-state index in [0.29, 0.717) is 12.1 Å². The number of phenols is 1. The zero-order valence-electron chi connectivity index (χ0n) is 23.5. The van der Waals surface area contributed by atoms with Crippen molar-refractivity contribution in [2.24, 2.45) is 10.2 Å². The third kappa shape index (κ3) is 6.36. The van der Waals surface area contributed by atoms with Crippen LogP contribution in [0.2, 0.25) is 0 Å². The number of nitrogens with two attached hydrogens (primary N) is 1. The molecule has 0 aliphatic carbocycles. The van der Waals surface area contributed by atoms with Gasteiger partial charge in [-0.3, -0.25) is 9.11 Å². The van der Waals surface area contributed by atoms with Gasteiger partial charge in [0.1, 0.15) is 21.2 Å². The summed E-state index contributed by atoms with van der Waals surface area (Å²) in [4.78, 5) is 32.4. The fourth-order valence-corrected chi connectivity index (χ4v) is 5.92. The highest BCUT2D eigenvalue weighted by atomic mass is 32.2. The van der Waals surface area contributed by atoms with Crippen LogP contribution in [0.3, 0.4) is 0 Å². The number of para-hydroxylation sites is 1. The predicted octanol–water partition coefficient (Wildman–Crippen LogP) is 3.73. The number of azo groups is 1. The number of nitrogens with one attached hydrogen (secondary N) is 1. The van der Waals surface area contributed by atoms with Crippen molar-refractivity contribution in [2.75, 3.05) is 11.1 Å². The van der Waals surface area contributed by atoms with Gasteiger partial charge in [-0.2, -0.15) is 31.8 Å². The third-order valence-corrected chi connectivity index (χ3v) is 8.29. The molecule has 5 rings (SSSR count). The second kappa shape index (κ2) is 12.1. The van der Waals surface area contributed by atoms with Crippen molar-refractivity contribution in [1.29, 1.82) is 0 Å². The first-order chi connectivity index (χ1) is 22.5. The summed E-state index contributed by atoms with van der Waals surface area (Å²) in [5.74, 6) is -5.13. The number of aromatic hydroxyl groups is 2. The largest absolute Gasteiger partial charge is 0.505 e. The van der Waals surface area contributed by atoms with Gasteiger partial charge in [0.2, 0.25) is 5.95 Å². The molecular formula is C27H19N7O12S2. The molecule has 0 amide bonds. The van der Waals surface area contributed by atoms with Gasteiger partial charge in [0, 0.05) is 5.39 Å². The second-order valence-electron chi connectivity index (χ2n) is 9.56. The molecule has 0 saturated carbocycles. The lowest BCUT2D eigenvalue weighted by Crippen LogP contribution is -2.09. The summed E-state index contributed by atoms with van der Waals surface area (Å²) in [5.41, 5.74) is 2.92. The molecule has 9 N–H and O–H groups in total. The Hall–Kier alpha value is -6.29. The number of hydrogen-bond acceptors (Lipinski definition) is 15. The van der Waals surface area contributed by atoms with E-state index < -0.39 is 93.2 Å². The Bertz CT molecular complexity index is 2440. The normalized spacial score (nSPS) is 12.0. The number of aromatic carboxylic acids is 2. The number of carbonyl (C=O) groups is 2. The van der Waals surface area contributed by atoms with Crippen LogP contribution in [0, 0.1) is 0 Å². The van der Waals surface area contributed by atoms with Crippen LogP contribution in [0.1, 0.15) is 20.7 Å². The van der Waals surface area contributed by atoms with Crippen LogP contribution in [0.15, 0.2) is 80.7 Å². The van der Waals surface area contributed by atoms with Crippen molar-refractivity contribution >= 4 is 71.6 Å². The summed E-state index contributed by atoms with van der Waals surface area (Å²) in [6, 6.07) is 10.9. The minimum absolute atomic E-state index is 0.0575. The fourth-order valence-electron chi connectivity index (χ4n) is 4.53. The van der Waals surface area contributed by atoms with E-state index in [1.54, 1.807) is 0 Å². The van der Waals surface area contributed by atoms with Gasteiger partial charge in [-0.05, 0) is 41.8 Å². The molecule has 1 heterocycles. The summed E-state index contributed by atoms with van der Waals surface area (Å²) in [7, 11) is -10.5. The van der Waals surface area contributed by atoms with Gasteiger partial charge >= 0.3 is 17.9 Å². The zero-order chi connectivity index (χ0) is 35.1. The molecule has 4 aromatic carbocycles. The van der Waals surface area contributed by atoms with Gasteiger partial charge in [0.05, 0.1) is 28.1 Å². The molecule has 0 fully saturated rings. The second-order valence-corrected chi connectivity index (χ2v) is 12.3. The average Bonchev–Trinajstić information content (AvgIpc) is 2.99. The summed E-state index contributed by atoms with van der Waals surface area (Å²) in [6.07, 6.45) is 0. The number of fused-ring (bicyclic) bond motifs is 1. The van der Waals surface area contributed by atoms with Crippen molar-refractivity contribution in [1.82, 2.24) is 15.0 Å². The van der Waals surface area contributed by atoms with Crippen molar-refractivity contribution in [2.45, 2.75) is 9.79 Å². The number of nitrogen functional groups attached to an aromatic ring is 1. The third-order valence-electron chi connectivity index (χ3n) is 6.54. The number of hydrogen-bond donors (Lipinski definition) is 8. The van der Waals surface area contributed by atoms with Crippen molar-refractivity contribution < 1.29 is 56.0 Å². The number of phenolic OH excluding ortho intramolecular Hbond substituents is 1. The van der Waals surface area contributed by atoms with Gasteiger partial charge in [-0.25, -0.2) is 9.59 Å². The quantitative estimate of drug-likeness (QED) is 0.0617. The van der Waals surface area contributed by atoms with E-state index >= 15 is 0 Å². The number of benzene rings is 4. The average molecular weight is 698 g/mol. The Balaban J connectivity index is 1.80. The van der Waals surface area contributed by atoms with Crippen molar-refractivity contribution in [3.8, 4) is 23.1 Å². The molecule has 246 valence electrons. The lowest BCUT2D eigenvalue weighted by atomic mass is 10.0. The van der Waals surface area contributed by atoms with E-state index in [-0.39, 0.29) is 22.5 Å². The Morgan fingerprint density at radius 2 is 1.35 bits per heavy atom. The predicted molar refractivity (Wildman–Crippen MR) is 164 cm³/mol. The lowest BCUT2D eigenvalue weighted by Gasteiger charge is -2.16. The highest BCUT2D eigenvalue weighted by molar-refractivity contribution is 7.86. The first-order valence-corrected chi connectivity index (χ1v) is 15.7. The van der Waals surface area contributed by atoms with E-state index in [4.69, 9.17) is 5.73 Å². The van der Waals surface area contributed by atoms with Crippen molar-refractivity contribution in [3.63, 3.8) is 0 Å². The molecule has 0 atom stereocenters. The van der Waals surface area contributed by atoms with E-state index in [0.717, 1.165) is 6.07 Å². The smallest absolute Gasteiger partial charge is 0.337 e. The Kier molecular flexibility index (Phi) is 8.37. The standard InChI is InChI=1S/C27H19N7O12S2/c28-20-18-11(10-17(48(44,45)46)21(22(18)35)34-33-15-8-4-2-6-13(15)25(38)39)9-16(47(41,42)43)19(20)23-30-26(32-27(40)31-23)29-14-7-3-1-5-12(14)24(36)37/h1-10,35H,28H2,(H,36,37)(H,38,39)(H,41,42,43)(H,44,45,46)(H2,29,30,31,32,40)/b34-33+. The highest BCUT2D eigenvalue weighted by Crippen LogP contribution is 2.48. The highest BCUT2D eigenvalue weighted by Gasteiger charge is 2.30. The van der Waals surface area contributed by atoms with Crippen LogP contribution < -0.4 is 11.1 Å². The number of carboxylic acids is 2. The molecule has 19 nitrogen and oxygen atoms in total. The number of rotatable bonds is 9. The number of aromatic nitrogens is 3. The minimum atomic E-state index is -5.28. The number of nitrogens with zero attached hydrogens (tertiary/aromatic N) is 5. The maximum absolute atomic E-state index is 12.6. The maximum atomic E-state index is 12.6. The zero-order valence-corrected chi connectivity index (χ0v) is 25.2. The molecule has 0 bridgehead atoms. The Morgan fingerprint density at radius 3 is 1.98 bits per heavy atom. The van der Waals surface area contributed by atoms with Crippen LogP contribution in [0.5, 0.6) is 11.8 Å². The van der Waals surface area contributed by atoms with Crippen molar-refractivity contribution in [3.05, 3.63) is 71.8 Å². The van der Waals surface area contributed by atoms with Gasteiger partial charge in [-0.1, -0.05) is 24.3 Å². The summed E-state index contributed by atoms with van der Waals surface area (Å²) in [6.45, 7) is 0. The summed E-state index contributed by atoms with van der Waals surface area (Å²) >= 11 is 0. The van der Waals surface area contributed by atoms with E-state index in [2.05, 4.69) is 30.5 Å². The molecule has 5 aromatic rings. The fraction of sp³-hybridized carbons (Fsp3) is 0. The Labute approximate surface area is 268 Å². The molecule has 0 radical (unpaired) electrons. The Morgan fingerprint density at radius 1 is 0.771 bits per heavy atom. The van der Waals surface area contributed by atoms with Crippen LogP contribution in [0.4, 0.5) is 28.7 Å². The molecule has 0 aliphatic rings. The van der Waals surface area contributed by atoms with Crippen LogP contribution in [0.25, 0.3) is 22.2 Å². The maximum Gasteiger partial charge on any atom is 0.337 e. The van der Waals surface area contributed by atoms with E-state index in [1.807, 2.05) is 0 Å². The molecule has 48 heavy (non-hydrogen) atoms. The van der Waals surface area contributed by atoms with E-state index in [9.17, 15) is 56.0 Å². The van der Waals surface area contributed by atoms with Gasteiger partial charge < -0.3 is 31.5 Å². The van der Waals surface area contributed by atoms with Gasteiger partial charge in [0.25, 0.3) is 20.2 Å². The lowest BCUT2D eigenvalue weighted by molar-refractivity contribution is 0.0687. The van der Waals surface area contributed by atoms with Crippen LogP contribution >= 0.6 is 0 Å². The molecule has 0 unspecified atom stereocenters. The summed E-state index contributed by atoms with van der Waals surface area (Å²) < 4.78 is 69.8. The van der Waals surface area contributed by atoms with Gasteiger partial charge in [-0.15, -0.1) is 10.2 Å². The SMILES string of the molecule is Nc1c(-c2nc(O)nc(Nc3ccccc3C(=O)O)n2)c(S(=O)(=O)O)cc2cc(S(=O)(=O)O)c(/N=N/c3ccccc3C(=O)O)c(O)c12. The van der Waals surface area contributed by atoms with Crippen LogP contribution in [-0.4, -0.2) is 73.3 Å². The first-order valence-electron chi connectivity index (χ1n) is 12.8. The minimum Gasteiger partial charge on any atom is -0.505 e. The van der Waals surface area contributed by atoms with Crippen LogP contribution in [-0.2, 0) is 20.2 Å². The molecule has 21 heteroatoms. The molecular weight excluding hydrogens is 678 g/mol. The number of carboxylic acid groups (broad SMARTS) is 2. The molecule has 0 aliphatic heterocycles. The molecule has 0 saturated heterocycles. The van der Waals surface area contributed by atoms with E-state index in [1.165, 1.54) is 42.5 Å². The number of anilines is 3. The van der Waals surface area contributed by atoms with Gasteiger partial charge in [0.15, 0.2) is 11.6 Å². The topological polar surface area (TPSA) is 325 Å². The first kappa shape index (κ1) is 33.1. The molecule has 1 aromatic heterocycles.